The number of benzene rings is 1. The number of rotatable bonds is 4. The molecule has 10 heteroatoms. The van der Waals surface area contributed by atoms with E-state index in [9.17, 15) is 22.0 Å². The summed E-state index contributed by atoms with van der Waals surface area (Å²) >= 11 is 0. The number of hydrogen-bond donors (Lipinski definition) is 0. The minimum Gasteiger partial charge on any atom is -0.370 e. The molecule has 1 aliphatic carbocycles. The third kappa shape index (κ3) is 4.37. The van der Waals surface area contributed by atoms with Crippen molar-refractivity contribution in [1.82, 2.24) is 14.7 Å². The van der Waals surface area contributed by atoms with Crippen LogP contribution in [0.1, 0.15) is 66.2 Å². The number of carbonyl (C=O) groups is 1. The average Bonchev–Trinajstić information content (AvgIpc) is 3.48. The van der Waals surface area contributed by atoms with Crippen LogP contribution in [0.15, 0.2) is 29.3 Å². The molecule has 7 nitrogen and oxygen atoms in total. The van der Waals surface area contributed by atoms with Crippen molar-refractivity contribution < 1.29 is 22.0 Å². The van der Waals surface area contributed by atoms with Crippen LogP contribution in [0.3, 0.4) is 0 Å². The molecule has 0 bridgehead atoms. The van der Waals surface area contributed by atoms with Crippen molar-refractivity contribution in [1.29, 1.82) is 0 Å². The van der Waals surface area contributed by atoms with Gasteiger partial charge in [0.2, 0.25) is 0 Å². The van der Waals surface area contributed by atoms with Gasteiger partial charge in [-0.3, -0.25) is 9.48 Å². The summed E-state index contributed by atoms with van der Waals surface area (Å²) in [6, 6.07) is 4.83. The van der Waals surface area contributed by atoms with Gasteiger partial charge in [-0.05, 0) is 31.0 Å². The standard InChI is InChI=1S/C23H28F2N4O3S/c1-33(31,32)18-6-7-21(27-10-8-23(24,25)9-11-27)19(12-18)22(30)28-13-16-14-29(26-20(16)15-28)17-4-2-3-5-17/h6-7,12,14,17H,2-5,8-11,13,15H2,1H3. The van der Waals surface area contributed by atoms with Crippen molar-refractivity contribution >= 4 is 21.4 Å². The van der Waals surface area contributed by atoms with E-state index in [0.29, 0.717) is 24.8 Å². The largest absolute Gasteiger partial charge is 0.370 e. The van der Waals surface area contributed by atoms with Crippen molar-refractivity contribution in [3.05, 3.63) is 41.2 Å². The molecule has 5 rings (SSSR count). The molecule has 0 unspecified atom stereocenters. The lowest BCUT2D eigenvalue weighted by molar-refractivity contribution is -0.0220. The molecule has 1 saturated heterocycles. The summed E-state index contributed by atoms with van der Waals surface area (Å²) in [6.07, 6.45) is 7.20. The van der Waals surface area contributed by atoms with Gasteiger partial charge in [-0.2, -0.15) is 5.10 Å². The first-order valence-corrected chi connectivity index (χ1v) is 13.3. The number of piperidine rings is 1. The Bertz CT molecular complexity index is 1150. The van der Waals surface area contributed by atoms with Gasteiger partial charge < -0.3 is 9.80 Å². The quantitative estimate of drug-likeness (QED) is 0.668. The summed E-state index contributed by atoms with van der Waals surface area (Å²) in [5, 5.41) is 4.72. The van der Waals surface area contributed by atoms with E-state index in [1.807, 2.05) is 10.9 Å². The summed E-state index contributed by atoms with van der Waals surface area (Å²) in [6.45, 7) is 0.982. The zero-order valence-corrected chi connectivity index (χ0v) is 19.5. The molecule has 3 aliphatic rings. The van der Waals surface area contributed by atoms with E-state index in [1.54, 1.807) is 15.9 Å². The maximum Gasteiger partial charge on any atom is 0.256 e. The van der Waals surface area contributed by atoms with E-state index in [-0.39, 0.29) is 42.3 Å². The van der Waals surface area contributed by atoms with Gasteiger partial charge in [0.15, 0.2) is 9.84 Å². The van der Waals surface area contributed by atoms with Gasteiger partial charge in [0.1, 0.15) is 0 Å². The van der Waals surface area contributed by atoms with Crippen LogP contribution in [0, 0.1) is 0 Å². The Morgan fingerprint density at radius 2 is 1.82 bits per heavy atom. The average molecular weight is 479 g/mol. The van der Waals surface area contributed by atoms with Gasteiger partial charge in [0.05, 0.1) is 28.7 Å². The first kappa shape index (κ1) is 22.3. The van der Waals surface area contributed by atoms with Gasteiger partial charge in [0.25, 0.3) is 11.8 Å². The summed E-state index contributed by atoms with van der Waals surface area (Å²) in [4.78, 5) is 17.0. The maximum atomic E-state index is 13.7. The van der Waals surface area contributed by atoms with Crippen LogP contribution in [0.5, 0.6) is 0 Å². The number of alkyl halides is 2. The predicted molar refractivity (Wildman–Crippen MR) is 119 cm³/mol. The molecule has 1 saturated carbocycles. The van der Waals surface area contributed by atoms with Crippen molar-refractivity contribution in [2.24, 2.45) is 0 Å². The molecule has 0 N–H and O–H groups in total. The predicted octanol–water partition coefficient (Wildman–Crippen LogP) is 3.79. The Morgan fingerprint density at radius 1 is 1.12 bits per heavy atom. The van der Waals surface area contributed by atoms with E-state index in [2.05, 4.69) is 0 Å². The van der Waals surface area contributed by atoms with E-state index in [0.717, 1.165) is 30.4 Å². The lowest BCUT2D eigenvalue weighted by Gasteiger charge is -2.35. The lowest BCUT2D eigenvalue weighted by atomic mass is 10.0. The molecule has 1 amide bonds. The molecule has 2 aromatic rings. The lowest BCUT2D eigenvalue weighted by Crippen LogP contribution is -2.40. The summed E-state index contributed by atoms with van der Waals surface area (Å²) in [5.41, 5.74) is 2.61. The highest BCUT2D eigenvalue weighted by Gasteiger charge is 2.36. The Labute approximate surface area is 192 Å². The van der Waals surface area contributed by atoms with Crippen LogP contribution in [0.2, 0.25) is 0 Å². The monoisotopic (exact) mass is 478 g/mol. The molecular weight excluding hydrogens is 450 g/mol. The van der Waals surface area contributed by atoms with Crippen LogP contribution in [-0.4, -0.2) is 54.3 Å². The number of aromatic nitrogens is 2. The van der Waals surface area contributed by atoms with Gasteiger partial charge >= 0.3 is 0 Å². The minimum absolute atomic E-state index is 0.0419. The Morgan fingerprint density at radius 3 is 2.45 bits per heavy atom. The van der Waals surface area contributed by atoms with Crippen LogP contribution in [0.4, 0.5) is 14.5 Å². The molecule has 0 spiro atoms. The number of nitrogens with zero attached hydrogens (tertiary/aromatic N) is 4. The molecular formula is C23H28F2N4O3S. The first-order valence-electron chi connectivity index (χ1n) is 11.4. The van der Waals surface area contributed by atoms with Gasteiger partial charge in [-0.1, -0.05) is 12.8 Å². The highest BCUT2D eigenvalue weighted by molar-refractivity contribution is 7.90. The number of amides is 1. The van der Waals surface area contributed by atoms with E-state index in [1.165, 1.54) is 25.0 Å². The molecule has 0 atom stereocenters. The zero-order chi connectivity index (χ0) is 23.4. The summed E-state index contributed by atoms with van der Waals surface area (Å²) < 4.78 is 53.7. The Balaban J connectivity index is 1.41. The molecule has 2 fully saturated rings. The SMILES string of the molecule is CS(=O)(=O)c1ccc(N2CCC(F)(F)CC2)c(C(=O)N2Cc3cn(C4CCCC4)nc3C2)c1. The van der Waals surface area contributed by atoms with Crippen LogP contribution >= 0.6 is 0 Å². The maximum absolute atomic E-state index is 13.7. The fourth-order valence-electron chi connectivity index (χ4n) is 5.11. The van der Waals surface area contributed by atoms with Gasteiger partial charge in [-0.15, -0.1) is 0 Å². The fourth-order valence-corrected chi connectivity index (χ4v) is 5.76. The molecule has 33 heavy (non-hydrogen) atoms. The third-order valence-corrected chi connectivity index (χ3v) is 8.16. The number of fused-ring (bicyclic) bond motifs is 1. The van der Waals surface area contributed by atoms with Gasteiger partial charge in [-0.25, -0.2) is 17.2 Å². The highest BCUT2D eigenvalue weighted by Crippen LogP contribution is 2.35. The number of halogens is 2. The fraction of sp³-hybridized carbons (Fsp3) is 0.565. The zero-order valence-electron chi connectivity index (χ0n) is 18.6. The second-order valence-electron chi connectivity index (χ2n) is 9.47. The van der Waals surface area contributed by atoms with E-state index < -0.39 is 15.8 Å². The number of carbonyl (C=O) groups excluding carboxylic acids is 1. The number of anilines is 1. The molecule has 1 aromatic carbocycles. The first-order chi connectivity index (χ1) is 15.6. The molecule has 2 aliphatic heterocycles. The van der Waals surface area contributed by atoms with Crippen molar-refractivity contribution in [2.75, 3.05) is 24.2 Å². The molecule has 3 heterocycles. The molecule has 1 aromatic heterocycles. The normalized spacial score (nSPS) is 20.9. The van der Waals surface area contributed by atoms with E-state index >= 15 is 0 Å². The summed E-state index contributed by atoms with van der Waals surface area (Å²) in [7, 11) is -3.53. The van der Waals surface area contributed by atoms with Crippen molar-refractivity contribution in [3.8, 4) is 0 Å². The van der Waals surface area contributed by atoms with Crippen LogP contribution in [-0.2, 0) is 22.9 Å². The second kappa shape index (κ2) is 8.07. The van der Waals surface area contributed by atoms with Gasteiger partial charge in [0, 0.05) is 56.2 Å². The minimum atomic E-state index is -3.53. The smallest absolute Gasteiger partial charge is 0.256 e. The van der Waals surface area contributed by atoms with Crippen molar-refractivity contribution in [3.63, 3.8) is 0 Å². The molecule has 0 radical (unpaired) electrons. The Kier molecular flexibility index (Phi) is 5.46. The second-order valence-corrected chi connectivity index (χ2v) is 11.5. The Hall–Kier alpha value is -2.49. The topological polar surface area (TPSA) is 75.5 Å². The van der Waals surface area contributed by atoms with Crippen LogP contribution < -0.4 is 4.90 Å². The van der Waals surface area contributed by atoms with Crippen LogP contribution in [0.25, 0.3) is 0 Å². The third-order valence-electron chi connectivity index (χ3n) is 7.05. The van der Waals surface area contributed by atoms with Crippen molar-refractivity contribution in [2.45, 2.75) is 68.5 Å². The number of hydrogen-bond acceptors (Lipinski definition) is 5. The molecule has 178 valence electrons. The number of sulfone groups is 1. The summed E-state index contributed by atoms with van der Waals surface area (Å²) in [5.74, 6) is -3.02. The van der Waals surface area contributed by atoms with E-state index in [4.69, 9.17) is 5.10 Å². The highest BCUT2D eigenvalue weighted by atomic mass is 32.2.